The van der Waals surface area contributed by atoms with Gasteiger partial charge in [-0.15, -0.1) is 5.10 Å². The number of amides is 3. The Bertz CT molecular complexity index is 2390. The summed E-state index contributed by atoms with van der Waals surface area (Å²) in [6.45, 7) is 42.7. The average molecular weight is 1210 g/mol. The van der Waals surface area contributed by atoms with E-state index in [1.165, 1.54) is 44.8 Å². The number of cyclic esters (lactones) is 1. The van der Waals surface area contributed by atoms with Gasteiger partial charge >= 0.3 is 11.8 Å². The van der Waals surface area contributed by atoms with E-state index in [4.69, 9.17) is 9.47 Å². The smallest absolute Gasteiger partial charge is 0.436 e. The Labute approximate surface area is 512 Å². The Hall–Kier alpha value is -7.05. The summed E-state index contributed by atoms with van der Waals surface area (Å²) in [5.74, 6) is 0.358. The molecule has 0 aliphatic carbocycles. The molecule has 0 N–H and O–H groups in total. The number of hydrogen-bond donors (Lipinski definition) is 0. The zero-order valence-electron chi connectivity index (χ0n) is 57.7. The van der Waals surface area contributed by atoms with Crippen molar-refractivity contribution in [3.8, 4) is 0 Å². The number of likely N-dealkylation sites (N-methyl/N-ethyl adjacent to an activating group) is 3. The summed E-state index contributed by atoms with van der Waals surface area (Å²) >= 11 is 0. The van der Waals surface area contributed by atoms with Crippen LogP contribution in [0.4, 0.5) is 4.79 Å². The fourth-order valence-electron chi connectivity index (χ4n) is 5.42. The molecule has 0 saturated carbocycles. The molecule has 4 fully saturated rings. The first-order chi connectivity index (χ1) is 40.9. The van der Waals surface area contributed by atoms with Crippen LogP contribution in [0.15, 0.2) is 91.3 Å². The molecule has 9 heterocycles. The molecule has 0 bridgehead atoms. The quantitative estimate of drug-likeness (QED) is 0.140. The van der Waals surface area contributed by atoms with Crippen molar-refractivity contribution in [3.05, 3.63) is 105 Å². The lowest BCUT2D eigenvalue weighted by Gasteiger charge is -2.21. The Morgan fingerprint density at radius 1 is 0.506 bits per heavy atom. The van der Waals surface area contributed by atoms with Gasteiger partial charge in [-0.25, -0.2) is 19.3 Å². The molecule has 492 valence electrons. The van der Waals surface area contributed by atoms with E-state index < -0.39 is 5.76 Å². The van der Waals surface area contributed by atoms with E-state index in [1.54, 1.807) is 69.1 Å². The highest BCUT2D eigenvalue weighted by molar-refractivity contribution is 5.78. The summed E-state index contributed by atoms with van der Waals surface area (Å²) in [5, 5.41) is 18.5. The summed E-state index contributed by atoms with van der Waals surface area (Å²) < 4.78 is 24.7. The van der Waals surface area contributed by atoms with E-state index >= 15 is 0 Å². The molecule has 24 heteroatoms. The Morgan fingerprint density at radius 2 is 1.06 bits per heavy atom. The highest BCUT2D eigenvalue weighted by Gasteiger charge is 2.16. The van der Waals surface area contributed by atoms with Crippen molar-refractivity contribution < 1.29 is 33.0 Å². The van der Waals surface area contributed by atoms with Gasteiger partial charge in [0.15, 0.2) is 0 Å². The van der Waals surface area contributed by atoms with Crippen molar-refractivity contribution in [1.29, 1.82) is 0 Å². The second-order valence-corrected chi connectivity index (χ2v) is 15.6. The van der Waals surface area contributed by atoms with E-state index in [-0.39, 0.29) is 29.7 Å². The fourth-order valence-corrected chi connectivity index (χ4v) is 5.42. The van der Waals surface area contributed by atoms with Crippen LogP contribution in [0, 0.1) is 6.92 Å². The Morgan fingerprint density at radius 3 is 1.33 bits per heavy atom. The van der Waals surface area contributed by atoms with E-state index in [0.717, 1.165) is 76.4 Å². The number of hydrazone groups is 1. The van der Waals surface area contributed by atoms with E-state index in [1.807, 2.05) is 166 Å². The van der Waals surface area contributed by atoms with Crippen molar-refractivity contribution >= 4 is 35.0 Å². The summed E-state index contributed by atoms with van der Waals surface area (Å²) in [5.41, 5.74) is 1.08. The number of hydrogen-bond acceptors (Lipinski definition) is 17. The molecule has 5 aliphatic heterocycles. The first kappa shape index (κ1) is 91.7. The van der Waals surface area contributed by atoms with Crippen LogP contribution in [0.2, 0.25) is 0 Å². The lowest BCUT2D eigenvalue weighted by molar-refractivity contribution is -0.140. The van der Waals surface area contributed by atoms with Crippen molar-refractivity contribution in [2.24, 2.45) is 33.3 Å². The number of benzene rings is 1. The first-order valence-electron chi connectivity index (χ1n) is 30.1. The molecule has 5 aliphatic rings. The SMILES string of the molecule is CC.CC.CC.CC.CC.CC.CC.CC.CN1CCC=N1.CN1CCCC1=O.CN1CCOC1=O.CN1CCOCC1.CN1CCOCC1=O.Cc1nn(C)c(=O)o1.Cn1cnccc1=O.Cn1ncc2ccccc21.Cn1ncccc1=O. The topological polar surface area (TPSA) is 243 Å². The lowest BCUT2D eigenvalue weighted by Crippen LogP contribution is -2.38. The molecule has 1 aromatic carbocycles. The lowest BCUT2D eigenvalue weighted by atomic mass is 10.3. The third-order valence-electron chi connectivity index (χ3n) is 9.81. The number of rotatable bonds is 0. The van der Waals surface area contributed by atoms with E-state index in [0.29, 0.717) is 25.0 Å². The highest BCUT2D eigenvalue weighted by Crippen LogP contribution is 2.10. The molecule has 0 spiro atoms. The molecule has 85 heavy (non-hydrogen) atoms. The summed E-state index contributed by atoms with van der Waals surface area (Å²) in [6, 6.07) is 12.6. The predicted octanol–water partition coefficient (Wildman–Crippen LogP) is 9.06. The van der Waals surface area contributed by atoms with Crippen LogP contribution in [0.3, 0.4) is 0 Å². The van der Waals surface area contributed by atoms with Crippen molar-refractivity contribution in [1.82, 2.24) is 63.5 Å². The number of carbonyl (C=O) groups is 3. The van der Waals surface area contributed by atoms with Crippen LogP contribution < -0.4 is 16.9 Å². The molecular formula is C61H118N14O10. The number of carbonyl (C=O) groups excluding carboxylic acids is 3. The monoisotopic (exact) mass is 1210 g/mol. The molecule has 5 aromatic rings. The Kier molecular flexibility index (Phi) is 71.3. The number of aryl methyl sites for hydroxylation is 5. The van der Waals surface area contributed by atoms with Gasteiger partial charge in [0.2, 0.25) is 17.7 Å². The number of fused-ring (bicyclic) bond motifs is 1. The van der Waals surface area contributed by atoms with E-state index in [9.17, 15) is 28.8 Å². The zero-order valence-corrected chi connectivity index (χ0v) is 57.7. The van der Waals surface area contributed by atoms with Gasteiger partial charge in [-0.05, 0) is 25.6 Å². The number of para-hydroxylation sites is 1. The van der Waals surface area contributed by atoms with Crippen LogP contribution in [-0.2, 0) is 52.0 Å². The van der Waals surface area contributed by atoms with Crippen LogP contribution in [0.5, 0.6) is 0 Å². The van der Waals surface area contributed by atoms with E-state index in [2.05, 4.69) is 58.6 Å². The Balaban J connectivity index is -0.000000157. The van der Waals surface area contributed by atoms with Crippen molar-refractivity contribution in [2.75, 3.05) is 108 Å². The minimum atomic E-state index is -0.414. The number of nitrogens with zero attached hydrogens (tertiary/aromatic N) is 14. The van der Waals surface area contributed by atoms with Gasteiger partial charge in [-0.1, -0.05) is 129 Å². The molecular weight excluding hydrogens is 1090 g/mol. The molecule has 10 rings (SSSR count). The largest absolute Gasteiger partial charge is 0.448 e. The summed E-state index contributed by atoms with van der Waals surface area (Å²) in [7, 11) is 16.2. The fraction of sp³-hybridized carbons (Fsp3) is 0.656. The summed E-state index contributed by atoms with van der Waals surface area (Å²) in [6.07, 6.45) is 11.0. The molecule has 24 nitrogen and oxygen atoms in total. The molecule has 4 saturated heterocycles. The third-order valence-corrected chi connectivity index (χ3v) is 9.81. The highest BCUT2D eigenvalue weighted by atomic mass is 16.6. The third kappa shape index (κ3) is 50.0. The summed E-state index contributed by atoms with van der Waals surface area (Å²) in [4.78, 5) is 73.8. The van der Waals surface area contributed by atoms with Crippen LogP contribution in [-0.4, -0.2) is 195 Å². The second-order valence-electron chi connectivity index (χ2n) is 15.6. The van der Waals surface area contributed by atoms with Crippen LogP contribution >= 0.6 is 0 Å². The zero-order chi connectivity index (χ0) is 67.1. The van der Waals surface area contributed by atoms with Gasteiger partial charge in [0.25, 0.3) is 11.1 Å². The average Bonchev–Trinajstić information content (AvgIpc) is 4.51. The molecule has 0 unspecified atom stereocenters. The van der Waals surface area contributed by atoms with Gasteiger partial charge < -0.3 is 47.8 Å². The number of likely N-dealkylation sites (tertiary alicyclic amines) is 1. The van der Waals surface area contributed by atoms with Crippen LogP contribution in [0.1, 0.15) is 136 Å². The molecule has 4 aromatic heterocycles. The standard InChI is InChI=1S/C8H8N2.2C5H6N2O.C5H9NO2.C5H11NO.C5H9NO.C4H6N2O2.C4H8N2.C4H7NO2.8C2H6/c1-10-8-5-3-2-4-7(8)6-9-10;1-7-4-6-3-2-5(7)8;1-7-5(8)3-2-4-6-7;1-6-2-3-8-4-5(6)7;1-6-2-4-7-5-3-6;1-6-4-2-3-5(6)7;1-3-5-6(2)4(7)8-3;1-6-4-2-3-5-6;1-5-2-3-7-4(5)6;8*1-2/h2-6H,1H3;2*2-4H,1H3;2-4H2,1H3;2-5H2,1H3;2-4H2,1H3;1-2H3;3H,2,4H2,1H3;2-3H2,1H3;8*1-2H3. The minimum Gasteiger partial charge on any atom is -0.448 e. The molecule has 3 amide bonds. The van der Waals surface area contributed by atoms with Gasteiger partial charge in [-0.2, -0.15) is 20.0 Å². The van der Waals surface area contributed by atoms with Crippen molar-refractivity contribution in [2.45, 2.75) is 137 Å². The van der Waals surface area contributed by atoms with Crippen LogP contribution in [0.25, 0.3) is 10.9 Å². The van der Waals surface area contributed by atoms with Crippen molar-refractivity contribution in [3.63, 3.8) is 0 Å². The number of ether oxygens (including phenoxy) is 3. The number of aromatic nitrogens is 8. The molecule has 0 atom stereocenters. The van der Waals surface area contributed by atoms with Gasteiger partial charge in [0.1, 0.15) is 13.2 Å². The maximum Gasteiger partial charge on any atom is 0.436 e. The predicted molar refractivity (Wildman–Crippen MR) is 350 cm³/mol. The second kappa shape index (κ2) is 66.1. The number of morpholine rings is 2. The first-order valence-corrected chi connectivity index (χ1v) is 30.1. The minimum absolute atomic E-state index is 0.0278. The van der Waals surface area contributed by atoms with Gasteiger partial charge in [0, 0.05) is 145 Å². The normalized spacial score (nSPS) is 13.4. The molecule has 0 radical (unpaired) electrons. The maximum absolute atomic E-state index is 10.6. The maximum atomic E-state index is 10.6. The van der Waals surface area contributed by atoms with Gasteiger partial charge in [0.05, 0.1) is 44.4 Å². The van der Waals surface area contributed by atoms with Gasteiger partial charge in [-0.3, -0.25) is 23.9 Å².